The fourth-order valence-electron chi connectivity index (χ4n) is 2.71. The molecule has 0 bridgehead atoms. The molecular weight excluding hydrogens is 329 g/mol. The number of aliphatic hydroxyl groups is 1. The molecule has 1 saturated heterocycles. The Balaban J connectivity index is 1.96. The van der Waals surface area contributed by atoms with E-state index >= 15 is 0 Å². The maximum atomic E-state index is 12.7. The first kappa shape index (κ1) is 15.1. The molecule has 21 heavy (non-hydrogen) atoms. The molecule has 1 aliphatic rings. The van der Waals surface area contributed by atoms with Gasteiger partial charge in [-0.25, -0.2) is 0 Å². The highest BCUT2D eigenvalue weighted by molar-refractivity contribution is 7.21. The van der Waals surface area contributed by atoms with Crippen molar-refractivity contribution < 1.29 is 9.90 Å². The largest absolute Gasteiger partial charge is 0.388 e. The number of hydrogen-bond donors (Lipinski definition) is 1. The topological polar surface area (TPSA) is 40.5 Å². The molecule has 2 heterocycles. The van der Waals surface area contributed by atoms with Gasteiger partial charge >= 0.3 is 0 Å². The molecule has 0 aliphatic carbocycles. The maximum absolute atomic E-state index is 12.7. The number of nitrogens with zero attached hydrogens (tertiary/aromatic N) is 1. The lowest BCUT2D eigenvalue weighted by Gasteiger charge is -2.36. The Bertz CT molecular complexity index is 711. The summed E-state index contributed by atoms with van der Waals surface area (Å²) in [6, 6.07) is 5.42. The number of likely N-dealkylation sites (tertiary alicyclic amines) is 1. The second kappa shape index (κ2) is 5.43. The van der Waals surface area contributed by atoms with Crippen LogP contribution in [0.4, 0.5) is 0 Å². The van der Waals surface area contributed by atoms with Gasteiger partial charge in [-0.2, -0.15) is 0 Å². The van der Waals surface area contributed by atoms with Crippen LogP contribution in [0, 0.1) is 0 Å². The average molecular weight is 344 g/mol. The van der Waals surface area contributed by atoms with Gasteiger partial charge in [0.15, 0.2) is 0 Å². The smallest absolute Gasteiger partial charge is 0.265 e. The summed E-state index contributed by atoms with van der Waals surface area (Å²) < 4.78 is 0.902. The average Bonchev–Trinajstić information content (AvgIpc) is 2.73. The standard InChI is InChI=1S/C15H15Cl2NO2S/c1-15(20)5-2-6-18(8-15)14(19)13-12(17)10-4-3-9(16)7-11(10)21-13/h3-4,7,20H,2,5-6,8H2,1H3. The minimum Gasteiger partial charge on any atom is -0.388 e. The van der Waals surface area contributed by atoms with Crippen molar-refractivity contribution in [3.05, 3.63) is 33.1 Å². The molecule has 3 nitrogen and oxygen atoms in total. The zero-order valence-electron chi connectivity index (χ0n) is 11.5. The van der Waals surface area contributed by atoms with Crippen LogP contribution in [0.25, 0.3) is 10.1 Å². The molecule has 0 spiro atoms. The van der Waals surface area contributed by atoms with Crippen LogP contribution in [0.5, 0.6) is 0 Å². The van der Waals surface area contributed by atoms with Crippen molar-refractivity contribution >= 4 is 50.5 Å². The number of halogens is 2. The van der Waals surface area contributed by atoms with Gasteiger partial charge in [0.1, 0.15) is 4.88 Å². The van der Waals surface area contributed by atoms with Crippen molar-refractivity contribution in [3.8, 4) is 0 Å². The van der Waals surface area contributed by atoms with Gasteiger partial charge in [0.2, 0.25) is 0 Å². The van der Waals surface area contributed by atoms with Crippen molar-refractivity contribution in [2.24, 2.45) is 0 Å². The number of rotatable bonds is 1. The van der Waals surface area contributed by atoms with Gasteiger partial charge in [0.05, 0.1) is 10.6 Å². The van der Waals surface area contributed by atoms with E-state index in [1.165, 1.54) is 11.3 Å². The van der Waals surface area contributed by atoms with Crippen molar-refractivity contribution in [1.29, 1.82) is 0 Å². The van der Waals surface area contributed by atoms with Crippen LogP contribution in [0.1, 0.15) is 29.4 Å². The molecule has 112 valence electrons. The number of thiophene rings is 1. The van der Waals surface area contributed by atoms with Crippen LogP contribution in [-0.2, 0) is 0 Å². The lowest BCUT2D eigenvalue weighted by atomic mass is 9.95. The van der Waals surface area contributed by atoms with Crippen molar-refractivity contribution in [1.82, 2.24) is 4.90 Å². The van der Waals surface area contributed by atoms with Gasteiger partial charge in [-0.1, -0.05) is 29.3 Å². The normalized spacial score (nSPS) is 22.8. The predicted octanol–water partition coefficient (Wildman–Crippen LogP) is 4.20. The minimum absolute atomic E-state index is 0.114. The first-order chi connectivity index (χ1) is 9.87. The fourth-order valence-corrected chi connectivity index (χ4v) is 4.47. The summed E-state index contributed by atoms with van der Waals surface area (Å²) in [7, 11) is 0. The van der Waals surface area contributed by atoms with Crippen molar-refractivity contribution in [2.75, 3.05) is 13.1 Å². The molecule has 1 aliphatic heterocycles. The molecule has 0 saturated carbocycles. The van der Waals surface area contributed by atoms with Gasteiger partial charge in [0.25, 0.3) is 5.91 Å². The van der Waals surface area contributed by atoms with E-state index in [4.69, 9.17) is 23.2 Å². The van der Waals surface area contributed by atoms with Gasteiger partial charge < -0.3 is 10.0 Å². The van der Waals surface area contributed by atoms with E-state index in [2.05, 4.69) is 0 Å². The Morgan fingerprint density at radius 3 is 2.90 bits per heavy atom. The Morgan fingerprint density at radius 1 is 1.43 bits per heavy atom. The molecule has 3 rings (SSSR count). The molecule has 1 atom stereocenters. The highest BCUT2D eigenvalue weighted by Gasteiger charge is 2.32. The van der Waals surface area contributed by atoms with E-state index in [9.17, 15) is 9.90 Å². The van der Waals surface area contributed by atoms with Crippen molar-refractivity contribution in [2.45, 2.75) is 25.4 Å². The third-order valence-corrected chi connectivity index (χ3v) is 5.63. The Labute approximate surface area is 137 Å². The van der Waals surface area contributed by atoms with E-state index < -0.39 is 5.60 Å². The number of hydrogen-bond acceptors (Lipinski definition) is 3. The molecule has 6 heteroatoms. The molecule has 1 N–H and O–H groups in total. The zero-order chi connectivity index (χ0) is 15.2. The summed E-state index contributed by atoms with van der Waals surface area (Å²) in [5.74, 6) is -0.114. The summed E-state index contributed by atoms with van der Waals surface area (Å²) in [5, 5.41) is 12.1. The van der Waals surface area contributed by atoms with Crippen LogP contribution in [0.3, 0.4) is 0 Å². The number of fused-ring (bicyclic) bond motifs is 1. The van der Waals surface area contributed by atoms with Crippen LogP contribution in [-0.4, -0.2) is 34.6 Å². The number of β-amino-alcohol motifs (C(OH)–C–C–N with tert-alkyl or cyclic N) is 1. The molecule has 1 aromatic heterocycles. The molecular formula is C15H15Cl2NO2S. The molecule has 1 amide bonds. The summed E-state index contributed by atoms with van der Waals surface area (Å²) in [5.41, 5.74) is -0.819. The molecule has 1 fully saturated rings. The van der Waals surface area contributed by atoms with Crippen molar-refractivity contribution in [3.63, 3.8) is 0 Å². The second-order valence-electron chi connectivity index (χ2n) is 5.71. The van der Waals surface area contributed by atoms with Gasteiger partial charge in [-0.3, -0.25) is 4.79 Å². The predicted molar refractivity (Wildman–Crippen MR) is 87.6 cm³/mol. The highest BCUT2D eigenvalue weighted by Crippen LogP contribution is 2.38. The number of amides is 1. The number of benzene rings is 1. The van der Waals surface area contributed by atoms with Gasteiger partial charge in [-0.05, 0) is 31.9 Å². The monoisotopic (exact) mass is 343 g/mol. The summed E-state index contributed by atoms with van der Waals surface area (Å²) >= 11 is 13.7. The zero-order valence-corrected chi connectivity index (χ0v) is 13.9. The molecule has 1 aromatic carbocycles. The minimum atomic E-state index is -0.819. The lowest BCUT2D eigenvalue weighted by molar-refractivity contribution is -0.0105. The van der Waals surface area contributed by atoms with Gasteiger partial charge in [-0.15, -0.1) is 11.3 Å². The van der Waals surface area contributed by atoms with E-state index in [1.807, 2.05) is 12.1 Å². The number of piperidine rings is 1. The quantitative estimate of drug-likeness (QED) is 0.842. The molecule has 2 aromatic rings. The fraction of sp³-hybridized carbons (Fsp3) is 0.400. The maximum Gasteiger partial charge on any atom is 0.265 e. The molecule has 0 radical (unpaired) electrons. The Hall–Kier alpha value is -0.810. The Morgan fingerprint density at radius 2 is 2.19 bits per heavy atom. The second-order valence-corrected chi connectivity index (χ2v) is 7.58. The third kappa shape index (κ3) is 2.90. The van der Waals surface area contributed by atoms with Crippen LogP contribution in [0.15, 0.2) is 18.2 Å². The summed E-state index contributed by atoms with van der Waals surface area (Å²) in [4.78, 5) is 14.9. The van der Waals surface area contributed by atoms with E-state index in [1.54, 1.807) is 17.9 Å². The Kier molecular flexibility index (Phi) is 3.91. The third-order valence-electron chi connectivity index (χ3n) is 3.75. The number of carbonyl (C=O) groups is 1. The number of carbonyl (C=O) groups excluding carboxylic acids is 1. The van der Waals surface area contributed by atoms with E-state index in [0.717, 1.165) is 16.5 Å². The van der Waals surface area contributed by atoms with Crippen LogP contribution >= 0.6 is 34.5 Å². The van der Waals surface area contributed by atoms with Crippen LogP contribution in [0.2, 0.25) is 10.0 Å². The van der Waals surface area contributed by atoms with E-state index in [0.29, 0.717) is 34.4 Å². The first-order valence-electron chi connectivity index (χ1n) is 6.77. The summed E-state index contributed by atoms with van der Waals surface area (Å²) in [6.45, 7) is 2.76. The highest BCUT2D eigenvalue weighted by atomic mass is 35.5. The van der Waals surface area contributed by atoms with E-state index in [-0.39, 0.29) is 5.91 Å². The van der Waals surface area contributed by atoms with Gasteiger partial charge in [0, 0.05) is 28.2 Å². The first-order valence-corrected chi connectivity index (χ1v) is 8.34. The lowest BCUT2D eigenvalue weighted by Crippen LogP contribution is -2.48. The SMILES string of the molecule is CC1(O)CCCN(C(=O)c2sc3cc(Cl)ccc3c2Cl)C1. The molecule has 1 unspecified atom stereocenters. The summed E-state index contributed by atoms with van der Waals surface area (Å²) in [6.07, 6.45) is 1.51. The van der Waals surface area contributed by atoms with Crippen LogP contribution < -0.4 is 0 Å².